The number of hydrogen-bond acceptors (Lipinski definition) is 5. The molecule has 0 radical (unpaired) electrons. The molecule has 1 aromatic rings. The van der Waals surface area contributed by atoms with Gasteiger partial charge in [0.2, 0.25) is 0 Å². The van der Waals surface area contributed by atoms with E-state index in [0.29, 0.717) is 6.42 Å². The maximum absolute atomic E-state index is 11.8. The van der Waals surface area contributed by atoms with Crippen molar-refractivity contribution in [3.63, 3.8) is 0 Å². The van der Waals surface area contributed by atoms with Crippen LogP contribution in [0.25, 0.3) is 0 Å². The van der Waals surface area contributed by atoms with E-state index >= 15 is 0 Å². The fourth-order valence-electron chi connectivity index (χ4n) is 1.63. The summed E-state index contributed by atoms with van der Waals surface area (Å²) in [6.07, 6.45) is 2.56. The average molecular weight is 321 g/mol. The van der Waals surface area contributed by atoms with Gasteiger partial charge in [0.1, 0.15) is 12.6 Å². The third kappa shape index (κ3) is 6.97. The van der Waals surface area contributed by atoms with E-state index < -0.39 is 23.7 Å². The van der Waals surface area contributed by atoms with Gasteiger partial charge >= 0.3 is 12.1 Å². The molecule has 1 amide bonds. The Morgan fingerprint density at radius 3 is 2.57 bits per heavy atom. The zero-order valence-corrected chi connectivity index (χ0v) is 13.6. The summed E-state index contributed by atoms with van der Waals surface area (Å²) in [7, 11) is 1.22. The van der Waals surface area contributed by atoms with E-state index in [1.54, 1.807) is 13.8 Å². The molecule has 6 heteroatoms. The van der Waals surface area contributed by atoms with Crippen LogP contribution in [0.5, 0.6) is 0 Å². The maximum atomic E-state index is 11.8. The molecular weight excluding hydrogens is 298 g/mol. The van der Waals surface area contributed by atoms with Gasteiger partial charge in [-0.05, 0) is 18.9 Å². The fraction of sp³-hybridized carbons (Fsp3) is 0.412. The van der Waals surface area contributed by atoms with Crippen molar-refractivity contribution in [2.75, 3.05) is 7.11 Å². The summed E-state index contributed by atoms with van der Waals surface area (Å²) in [5, 5.41) is 12.3. The van der Waals surface area contributed by atoms with Gasteiger partial charge in [-0.3, -0.25) is 0 Å². The molecule has 0 aliphatic rings. The number of ether oxygens (including phenoxy) is 2. The average Bonchev–Trinajstić information content (AvgIpc) is 2.57. The summed E-state index contributed by atoms with van der Waals surface area (Å²) in [6, 6.07) is 8.15. The number of alkyl carbamates (subject to hydrolysis) is 1. The summed E-state index contributed by atoms with van der Waals surface area (Å²) in [6.45, 7) is 3.50. The summed E-state index contributed by atoms with van der Waals surface area (Å²) >= 11 is 0. The van der Waals surface area contributed by atoms with Gasteiger partial charge in [-0.2, -0.15) is 0 Å². The van der Waals surface area contributed by atoms with E-state index in [2.05, 4.69) is 10.1 Å². The van der Waals surface area contributed by atoms with Crippen LogP contribution < -0.4 is 5.32 Å². The first kappa shape index (κ1) is 18.7. The third-order valence-electron chi connectivity index (χ3n) is 3.30. The highest BCUT2D eigenvalue weighted by Crippen LogP contribution is 2.11. The van der Waals surface area contributed by atoms with Crippen molar-refractivity contribution < 1.29 is 24.2 Å². The molecule has 2 unspecified atom stereocenters. The van der Waals surface area contributed by atoms with Gasteiger partial charge in [0, 0.05) is 0 Å². The van der Waals surface area contributed by atoms with Gasteiger partial charge in [0.05, 0.1) is 12.7 Å². The maximum Gasteiger partial charge on any atom is 0.408 e. The van der Waals surface area contributed by atoms with E-state index in [4.69, 9.17) is 4.74 Å². The Hall–Kier alpha value is -2.34. The molecule has 126 valence electrons. The number of methoxy groups -OCH3 is 1. The minimum atomic E-state index is -1.07. The molecule has 0 aromatic heterocycles. The van der Waals surface area contributed by atoms with Crippen molar-refractivity contribution in [3.8, 4) is 0 Å². The number of amides is 1. The van der Waals surface area contributed by atoms with Crippen molar-refractivity contribution in [2.24, 2.45) is 0 Å². The van der Waals surface area contributed by atoms with Crippen LogP contribution in [-0.4, -0.2) is 35.9 Å². The van der Waals surface area contributed by atoms with E-state index in [-0.39, 0.29) is 6.61 Å². The number of esters is 1. The first-order chi connectivity index (χ1) is 10.9. The SMILES string of the molecule is CCC(C)(O)/C=C/C(NC(=O)OCc1ccccc1)C(=O)OC. The fourth-order valence-corrected chi connectivity index (χ4v) is 1.63. The standard InChI is InChI=1S/C17H23NO5/c1-4-17(2,21)11-10-14(15(19)22-3)18-16(20)23-12-13-8-6-5-7-9-13/h5-11,14,21H,4,12H2,1-3H3,(H,18,20)/b11-10+. The third-order valence-corrected chi connectivity index (χ3v) is 3.30. The highest BCUT2D eigenvalue weighted by Gasteiger charge is 2.21. The zero-order valence-electron chi connectivity index (χ0n) is 13.6. The molecule has 2 N–H and O–H groups in total. The molecular formula is C17H23NO5. The summed E-state index contributed by atoms with van der Waals surface area (Å²) in [5.74, 6) is -0.648. The number of carbonyl (C=O) groups is 2. The highest BCUT2D eigenvalue weighted by molar-refractivity contribution is 5.83. The molecule has 23 heavy (non-hydrogen) atoms. The van der Waals surface area contributed by atoms with Gasteiger partial charge in [-0.25, -0.2) is 9.59 Å². The molecule has 0 saturated carbocycles. The Labute approximate surface area is 136 Å². The lowest BCUT2D eigenvalue weighted by molar-refractivity contribution is -0.141. The summed E-state index contributed by atoms with van der Waals surface area (Å²) in [5.41, 5.74) is -0.233. The van der Waals surface area contributed by atoms with Crippen molar-refractivity contribution in [3.05, 3.63) is 48.0 Å². The number of carbonyl (C=O) groups excluding carboxylic acids is 2. The molecule has 0 saturated heterocycles. The minimum absolute atomic E-state index is 0.0942. The molecule has 6 nitrogen and oxygen atoms in total. The van der Waals surface area contributed by atoms with Gasteiger partial charge in [0.15, 0.2) is 0 Å². The molecule has 1 rings (SSSR count). The smallest absolute Gasteiger partial charge is 0.408 e. The van der Waals surface area contributed by atoms with Gasteiger partial charge < -0.3 is 19.9 Å². The molecule has 0 heterocycles. The molecule has 0 aliphatic carbocycles. The first-order valence-electron chi connectivity index (χ1n) is 7.34. The Morgan fingerprint density at radius 1 is 1.35 bits per heavy atom. The number of hydrogen-bond donors (Lipinski definition) is 2. The normalized spacial score (nSPS) is 14.8. The lowest BCUT2D eigenvalue weighted by atomic mass is 10.0. The molecule has 1 aromatic carbocycles. The van der Waals surface area contributed by atoms with Crippen LogP contribution in [0.3, 0.4) is 0 Å². The Morgan fingerprint density at radius 2 is 2.00 bits per heavy atom. The van der Waals surface area contributed by atoms with Gasteiger partial charge in [-0.15, -0.1) is 0 Å². The van der Waals surface area contributed by atoms with E-state index in [0.717, 1.165) is 5.56 Å². The second-order valence-corrected chi connectivity index (χ2v) is 5.28. The monoisotopic (exact) mass is 321 g/mol. The quantitative estimate of drug-likeness (QED) is 0.594. The molecule has 0 spiro atoms. The second kappa shape index (κ2) is 8.95. The van der Waals surface area contributed by atoms with Crippen molar-refractivity contribution in [2.45, 2.75) is 38.5 Å². The van der Waals surface area contributed by atoms with Crippen LogP contribution in [0.4, 0.5) is 4.79 Å². The minimum Gasteiger partial charge on any atom is -0.467 e. The first-order valence-corrected chi connectivity index (χ1v) is 7.34. The van der Waals surface area contributed by atoms with Gasteiger partial charge in [-0.1, -0.05) is 49.4 Å². The van der Waals surface area contributed by atoms with E-state index in [1.165, 1.54) is 19.3 Å². The number of nitrogens with one attached hydrogen (secondary N) is 1. The molecule has 0 bridgehead atoms. The second-order valence-electron chi connectivity index (χ2n) is 5.28. The number of benzene rings is 1. The van der Waals surface area contributed by atoms with E-state index in [1.807, 2.05) is 30.3 Å². The Bertz CT molecular complexity index is 539. The largest absolute Gasteiger partial charge is 0.467 e. The van der Waals surface area contributed by atoms with Crippen LogP contribution in [0, 0.1) is 0 Å². The number of rotatable bonds is 7. The molecule has 2 atom stereocenters. The van der Waals surface area contributed by atoms with Crippen LogP contribution in [0.2, 0.25) is 0 Å². The van der Waals surface area contributed by atoms with Crippen molar-refractivity contribution in [1.29, 1.82) is 0 Å². The molecule has 0 aliphatic heterocycles. The predicted octanol–water partition coefficient (Wildman–Crippen LogP) is 2.17. The van der Waals surface area contributed by atoms with Crippen LogP contribution >= 0.6 is 0 Å². The zero-order chi connectivity index (χ0) is 17.3. The predicted molar refractivity (Wildman–Crippen MR) is 85.6 cm³/mol. The topological polar surface area (TPSA) is 84.9 Å². The van der Waals surface area contributed by atoms with Crippen molar-refractivity contribution in [1.82, 2.24) is 5.32 Å². The molecule has 0 fully saturated rings. The van der Waals surface area contributed by atoms with Crippen molar-refractivity contribution >= 4 is 12.1 Å². The number of aliphatic hydroxyl groups is 1. The Kier molecular flexibility index (Phi) is 7.28. The van der Waals surface area contributed by atoms with Gasteiger partial charge in [0.25, 0.3) is 0 Å². The Balaban J connectivity index is 2.62. The highest BCUT2D eigenvalue weighted by atomic mass is 16.6. The lowest BCUT2D eigenvalue weighted by Gasteiger charge is -2.18. The lowest BCUT2D eigenvalue weighted by Crippen LogP contribution is -2.40. The van der Waals surface area contributed by atoms with Crippen LogP contribution in [0.15, 0.2) is 42.5 Å². The van der Waals surface area contributed by atoms with E-state index in [9.17, 15) is 14.7 Å². The summed E-state index contributed by atoms with van der Waals surface area (Å²) < 4.78 is 9.69. The summed E-state index contributed by atoms with van der Waals surface area (Å²) in [4.78, 5) is 23.5. The van der Waals surface area contributed by atoms with Crippen LogP contribution in [-0.2, 0) is 20.9 Å². The van der Waals surface area contributed by atoms with Crippen LogP contribution in [0.1, 0.15) is 25.8 Å².